The van der Waals surface area contributed by atoms with Crippen molar-refractivity contribution in [3.05, 3.63) is 22.2 Å². The summed E-state index contributed by atoms with van der Waals surface area (Å²) in [7, 11) is 0. The molecular formula is C13H18Cl2N2OS. The second kappa shape index (κ2) is 7.27. The Hall–Kier alpha value is -0.580. The third-order valence-electron chi connectivity index (χ3n) is 2.75. The van der Waals surface area contributed by atoms with Gasteiger partial charge in [0.2, 0.25) is 5.91 Å². The minimum absolute atomic E-state index is 0.119. The van der Waals surface area contributed by atoms with Crippen LogP contribution in [-0.2, 0) is 4.79 Å². The van der Waals surface area contributed by atoms with Crippen LogP contribution in [0.2, 0.25) is 10.0 Å². The first kappa shape index (κ1) is 16.5. The Morgan fingerprint density at radius 2 is 1.84 bits per heavy atom. The number of rotatable bonds is 5. The number of hydrogen-bond acceptors (Lipinski definition) is 3. The van der Waals surface area contributed by atoms with Crippen LogP contribution in [0, 0.1) is 5.92 Å². The summed E-state index contributed by atoms with van der Waals surface area (Å²) in [5.41, 5.74) is 6.49. The molecule has 1 aromatic rings. The predicted octanol–water partition coefficient (Wildman–Crippen LogP) is 4.29. The molecule has 0 saturated heterocycles. The van der Waals surface area contributed by atoms with E-state index in [1.165, 1.54) is 0 Å². The second-order valence-corrected chi connectivity index (χ2v) is 6.85. The molecule has 1 atom stereocenters. The van der Waals surface area contributed by atoms with Crippen LogP contribution in [0.25, 0.3) is 0 Å². The highest BCUT2D eigenvalue weighted by molar-refractivity contribution is 8.00. The number of amides is 1. The topological polar surface area (TPSA) is 55.1 Å². The minimum Gasteiger partial charge on any atom is -0.399 e. The van der Waals surface area contributed by atoms with Crippen molar-refractivity contribution in [1.82, 2.24) is 0 Å². The number of benzene rings is 1. The Morgan fingerprint density at radius 3 is 2.32 bits per heavy atom. The van der Waals surface area contributed by atoms with Crippen LogP contribution in [0.1, 0.15) is 20.8 Å². The van der Waals surface area contributed by atoms with Gasteiger partial charge in [-0.2, -0.15) is 0 Å². The van der Waals surface area contributed by atoms with E-state index in [1.807, 2.05) is 0 Å². The van der Waals surface area contributed by atoms with Crippen LogP contribution in [0.5, 0.6) is 0 Å². The normalized spacial score (nSPS) is 12.5. The van der Waals surface area contributed by atoms with E-state index in [-0.39, 0.29) is 5.91 Å². The molecule has 0 aliphatic heterocycles. The van der Waals surface area contributed by atoms with E-state index in [0.29, 0.717) is 38.3 Å². The molecule has 1 rings (SSSR count). The molecule has 6 heteroatoms. The summed E-state index contributed by atoms with van der Waals surface area (Å²) in [5.74, 6) is 0.781. The number of carbonyl (C=O) groups is 1. The fourth-order valence-electron chi connectivity index (χ4n) is 1.29. The molecule has 19 heavy (non-hydrogen) atoms. The molecule has 106 valence electrons. The van der Waals surface area contributed by atoms with E-state index in [0.717, 1.165) is 0 Å². The van der Waals surface area contributed by atoms with Crippen molar-refractivity contribution in [2.75, 3.05) is 16.8 Å². The number of anilines is 2. The summed E-state index contributed by atoms with van der Waals surface area (Å²) in [6.07, 6.45) is 0. The first-order valence-corrected chi connectivity index (χ1v) is 7.77. The molecule has 0 spiro atoms. The van der Waals surface area contributed by atoms with Gasteiger partial charge in [-0.25, -0.2) is 0 Å². The molecule has 0 heterocycles. The third kappa shape index (κ3) is 5.13. The van der Waals surface area contributed by atoms with Crippen LogP contribution in [-0.4, -0.2) is 16.9 Å². The van der Waals surface area contributed by atoms with Crippen LogP contribution < -0.4 is 11.1 Å². The van der Waals surface area contributed by atoms with Gasteiger partial charge in [0.15, 0.2) is 0 Å². The molecule has 0 aliphatic carbocycles. The van der Waals surface area contributed by atoms with Crippen molar-refractivity contribution >= 4 is 52.2 Å². The highest BCUT2D eigenvalue weighted by atomic mass is 35.5. The number of nitrogens with one attached hydrogen (secondary N) is 1. The fraction of sp³-hybridized carbons (Fsp3) is 0.462. The van der Waals surface area contributed by atoms with Gasteiger partial charge in [0, 0.05) is 10.9 Å². The lowest BCUT2D eigenvalue weighted by molar-refractivity contribution is -0.113. The monoisotopic (exact) mass is 320 g/mol. The zero-order valence-electron chi connectivity index (χ0n) is 11.2. The number of nitrogens with two attached hydrogens (primary N) is 1. The van der Waals surface area contributed by atoms with Gasteiger partial charge in [-0.05, 0) is 18.1 Å². The number of halogens is 2. The fourth-order valence-corrected chi connectivity index (χ4v) is 2.76. The van der Waals surface area contributed by atoms with Crippen molar-refractivity contribution in [2.45, 2.75) is 26.0 Å². The Kier molecular flexibility index (Phi) is 6.30. The molecule has 1 amide bonds. The zero-order chi connectivity index (χ0) is 14.6. The summed E-state index contributed by atoms with van der Waals surface area (Å²) >= 11 is 13.6. The van der Waals surface area contributed by atoms with Crippen LogP contribution in [0.4, 0.5) is 11.4 Å². The third-order valence-corrected chi connectivity index (χ3v) is 4.84. The van der Waals surface area contributed by atoms with Gasteiger partial charge in [-0.3, -0.25) is 4.79 Å². The van der Waals surface area contributed by atoms with Gasteiger partial charge in [0.05, 0.1) is 21.5 Å². The summed E-state index contributed by atoms with van der Waals surface area (Å²) in [5, 5.41) is 3.84. The first-order valence-electron chi connectivity index (χ1n) is 5.97. The molecular weight excluding hydrogens is 303 g/mol. The molecule has 3 N–H and O–H groups in total. The van der Waals surface area contributed by atoms with E-state index in [9.17, 15) is 4.79 Å². The summed E-state index contributed by atoms with van der Waals surface area (Å²) in [4.78, 5) is 11.8. The summed E-state index contributed by atoms with van der Waals surface area (Å²) < 4.78 is 0. The van der Waals surface area contributed by atoms with Crippen molar-refractivity contribution < 1.29 is 4.79 Å². The SMILES string of the molecule is CC(C)C(C)SCC(=O)Nc1c(Cl)cc(N)cc1Cl. The highest BCUT2D eigenvalue weighted by Gasteiger charge is 2.13. The Balaban J connectivity index is 2.63. The van der Waals surface area contributed by atoms with E-state index < -0.39 is 0 Å². The maximum atomic E-state index is 11.8. The van der Waals surface area contributed by atoms with Gasteiger partial charge < -0.3 is 11.1 Å². The molecule has 1 aromatic carbocycles. The number of nitrogen functional groups attached to an aromatic ring is 1. The lowest BCUT2D eigenvalue weighted by Gasteiger charge is -2.15. The van der Waals surface area contributed by atoms with Crippen molar-refractivity contribution in [2.24, 2.45) is 5.92 Å². The van der Waals surface area contributed by atoms with Gasteiger partial charge in [0.25, 0.3) is 0 Å². The Labute approximate surface area is 128 Å². The second-order valence-electron chi connectivity index (χ2n) is 4.67. The molecule has 0 aliphatic rings. The van der Waals surface area contributed by atoms with E-state index in [2.05, 4.69) is 26.1 Å². The Bertz CT molecular complexity index is 443. The van der Waals surface area contributed by atoms with E-state index >= 15 is 0 Å². The van der Waals surface area contributed by atoms with Crippen LogP contribution >= 0.6 is 35.0 Å². The van der Waals surface area contributed by atoms with Crippen molar-refractivity contribution in [3.8, 4) is 0 Å². The molecule has 0 aromatic heterocycles. The molecule has 1 unspecified atom stereocenters. The van der Waals surface area contributed by atoms with Crippen molar-refractivity contribution in [1.29, 1.82) is 0 Å². The lowest BCUT2D eigenvalue weighted by atomic mass is 10.2. The molecule has 3 nitrogen and oxygen atoms in total. The molecule has 0 bridgehead atoms. The summed E-state index contributed by atoms with van der Waals surface area (Å²) in [6, 6.07) is 3.12. The van der Waals surface area contributed by atoms with Gasteiger partial charge >= 0.3 is 0 Å². The number of carbonyl (C=O) groups excluding carboxylic acids is 1. The van der Waals surface area contributed by atoms with E-state index in [4.69, 9.17) is 28.9 Å². The van der Waals surface area contributed by atoms with E-state index in [1.54, 1.807) is 23.9 Å². The lowest BCUT2D eigenvalue weighted by Crippen LogP contribution is -2.18. The quantitative estimate of drug-likeness (QED) is 0.795. The van der Waals surface area contributed by atoms with Crippen LogP contribution in [0.3, 0.4) is 0 Å². The smallest absolute Gasteiger partial charge is 0.234 e. The maximum Gasteiger partial charge on any atom is 0.234 e. The first-order chi connectivity index (χ1) is 8.81. The van der Waals surface area contributed by atoms with Gasteiger partial charge in [0.1, 0.15) is 0 Å². The number of hydrogen-bond donors (Lipinski definition) is 2. The van der Waals surface area contributed by atoms with Gasteiger partial charge in [-0.1, -0.05) is 44.0 Å². The summed E-state index contributed by atoms with van der Waals surface area (Å²) in [6.45, 7) is 6.36. The maximum absolute atomic E-state index is 11.8. The number of thioether (sulfide) groups is 1. The zero-order valence-corrected chi connectivity index (χ0v) is 13.5. The average Bonchev–Trinajstić information content (AvgIpc) is 2.30. The highest BCUT2D eigenvalue weighted by Crippen LogP contribution is 2.33. The average molecular weight is 321 g/mol. The van der Waals surface area contributed by atoms with Crippen LogP contribution in [0.15, 0.2) is 12.1 Å². The standard InChI is InChI=1S/C13H18Cl2N2OS/c1-7(2)8(3)19-6-12(18)17-13-10(14)4-9(16)5-11(13)15/h4-5,7-8H,6,16H2,1-3H3,(H,17,18). The minimum atomic E-state index is -0.119. The molecule has 0 radical (unpaired) electrons. The Morgan fingerprint density at radius 1 is 1.32 bits per heavy atom. The largest absolute Gasteiger partial charge is 0.399 e. The van der Waals surface area contributed by atoms with Crippen molar-refractivity contribution in [3.63, 3.8) is 0 Å². The molecule has 0 saturated carbocycles. The predicted molar refractivity (Wildman–Crippen MR) is 86.3 cm³/mol. The molecule has 0 fully saturated rings. The van der Waals surface area contributed by atoms with Gasteiger partial charge in [-0.15, -0.1) is 11.8 Å².